The van der Waals surface area contributed by atoms with Crippen molar-refractivity contribution in [1.29, 1.82) is 0 Å². The van der Waals surface area contributed by atoms with Gasteiger partial charge in [0.15, 0.2) is 0 Å². The Labute approximate surface area is 124 Å². The van der Waals surface area contributed by atoms with E-state index in [9.17, 15) is 18.0 Å². The molecule has 0 aliphatic carbocycles. The van der Waals surface area contributed by atoms with Gasteiger partial charge in [-0.2, -0.15) is 18.3 Å². The van der Waals surface area contributed by atoms with Gasteiger partial charge >= 0.3 is 6.18 Å². The molecule has 0 fully saturated rings. The van der Waals surface area contributed by atoms with Crippen LogP contribution in [0.2, 0.25) is 0 Å². The van der Waals surface area contributed by atoms with Crippen LogP contribution in [0.5, 0.6) is 0 Å². The van der Waals surface area contributed by atoms with E-state index in [0.29, 0.717) is 15.8 Å². The summed E-state index contributed by atoms with van der Waals surface area (Å²) < 4.78 is 39.6. The second kappa shape index (κ2) is 5.80. The number of amides is 1. The van der Waals surface area contributed by atoms with E-state index >= 15 is 0 Å². The minimum atomic E-state index is -4.59. The highest BCUT2D eigenvalue weighted by Crippen LogP contribution is 2.32. The highest BCUT2D eigenvalue weighted by atomic mass is 19.4. The number of aryl methyl sites for hydroxylation is 1. The van der Waals surface area contributed by atoms with Crippen LogP contribution in [0.15, 0.2) is 24.3 Å². The van der Waals surface area contributed by atoms with Gasteiger partial charge in [0.05, 0.1) is 18.8 Å². The summed E-state index contributed by atoms with van der Waals surface area (Å²) in [7, 11) is 0. The molecule has 1 heterocycles. The second-order valence-electron chi connectivity index (χ2n) is 4.75. The van der Waals surface area contributed by atoms with Crippen molar-refractivity contribution in [2.24, 2.45) is 5.73 Å². The normalized spacial score (nSPS) is 11.7. The molecule has 0 saturated carbocycles. The lowest BCUT2D eigenvalue weighted by Gasteiger charge is -2.08. The van der Waals surface area contributed by atoms with Gasteiger partial charge < -0.3 is 10.8 Å². The molecular weight excluding hydrogens is 299 g/mol. The van der Waals surface area contributed by atoms with E-state index in [0.717, 1.165) is 6.07 Å². The fraction of sp³-hybridized carbons (Fsp3) is 0.286. The van der Waals surface area contributed by atoms with E-state index in [-0.39, 0.29) is 17.8 Å². The zero-order chi connectivity index (χ0) is 16.5. The summed E-state index contributed by atoms with van der Waals surface area (Å²) >= 11 is 0. The van der Waals surface area contributed by atoms with Crippen LogP contribution in [0.4, 0.5) is 13.2 Å². The van der Waals surface area contributed by atoms with Crippen LogP contribution in [0, 0.1) is 6.92 Å². The largest absolute Gasteiger partial charge is 0.433 e. The Hall–Kier alpha value is -2.35. The molecule has 8 heteroatoms. The summed E-state index contributed by atoms with van der Waals surface area (Å²) in [6.45, 7) is 0.934. The standard InChI is InChI=1S/C14H14F3N3O2/c1-8-2-3-9(6-10(8)13(18)22)11-7-12(14(15,16)17)20(19-11)4-5-21/h2-3,6-7,21H,4-5H2,1H3,(H2,18,22). The van der Waals surface area contributed by atoms with Crippen molar-refractivity contribution in [3.8, 4) is 11.3 Å². The van der Waals surface area contributed by atoms with Crippen LogP contribution >= 0.6 is 0 Å². The Kier molecular flexibility index (Phi) is 4.23. The lowest BCUT2D eigenvalue weighted by Crippen LogP contribution is -2.16. The maximum Gasteiger partial charge on any atom is 0.433 e. The molecule has 0 aliphatic rings. The first-order valence-electron chi connectivity index (χ1n) is 6.40. The van der Waals surface area contributed by atoms with Crippen LogP contribution in [0.3, 0.4) is 0 Å². The number of carbonyl (C=O) groups is 1. The second-order valence-corrected chi connectivity index (χ2v) is 4.75. The molecular formula is C14H14F3N3O2. The predicted octanol–water partition coefficient (Wildman–Crippen LogP) is 1.97. The Morgan fingerprint density at radius 1 is 1.36 bits per heavy atom. The van der Waals surface area contributed by atoms with Crippen molar-refractivity contribution in [2.75, 3.05) is 6.61 Å². The summed E-state index contributed by atoms with van der Waals surface area (Å²) in [6, 6.07) is 5.44. The summed E-state index contributed by atoms with van der Waals surface area (Å²) in [5.41, 5.74) is 5.53. The predicted molar refractivity (Wildman–Crippen MR) is 73.0 cm³/mol. The van der Waals surface area contributed by atoms with Gasteiger partial charge in [-0.05, 0) is 24.6 Å². The number of primary amides is 1. The molecule has 1 aromatic carbocycles. The maximum absolute atomic E-state index is 13.0. The highest BCUT2D eigenvalue weighted by molar-refractivity contribution is 5.95. The minimum absolute atomic E-state index is 0.0586. The van der Waals surface area contributed by atoms with Crippen LogP contribution in [0.25, 0.3) is 11.3 Å². The van der Waals surface area contributed by atoms with E-state index in [1.165, 1.54) is 6.07 Å². The first kappa shape index (κ1) is 16.0. The number of rotatable bonds is 4. The number of benzene rings is 1. The molecule has 118 valence electrons. The number of hydrogen-bond donors (Lipinski definition) is 2. The van der Waals surface area contributed by atoms with Crippen LogP contribution in [0.1, 0.15) is 21.6 Å². The van der Waals surface area contributed by atoms with E-state index in [4.69, 9.17) is 10.8 Å². The van der Waals surface area contributed by atoms with E-state index in [1.807, 2.05) is 0 Å². The van der Waals surface area contributed by atoms with Gasteiger partial charge in [-0.3, -0.25) is 9.48 Å². The number of aliphatic hydroxyl groups excluding tert-OH is 1. The zero-order valence-electron chi connectivity index (χ0n) is 11.7. The maximum atomic E-state index is 13.0. The summed E-state index contributed by atoms with van der Waals surface area (Å²) in [5.74, 6) is -0.662. The van der Waals surface area contributed by atoms with Crippen LogP contribution in [-0.4, -0.2) is 27.4 Å². The molecule has 0 radical (unpaired) electrons. The smallest absolute Gasteiger partial charge is 0.394 e. The average Bonchev–Trinajstić information content (AvgIpc) is 2.83. The van der Waals surface area contributed by atoms with Gasteiger partial charge in [-0.15, -0.1) is 0 Å². The van der Waals surface area contributed by atoms with Gasteiger partial charge in [0, 0.05) is 11.1 Å². The number of hydrogen-bond acceptors (Lipinski definition) is 3. The van der Waals surface area contributed by atoms with Crippen LogP contribution < -0.4 is 5.73 Å². The van der Waals surface area contributed by atoms with Gasteiger partial charge in [0.25, 0.3) is 0 Å². The van der Waals surface area contributed by atoms with Crippen molar-refractivity contribution >= 4 is 5.91 Å². The minimum Gasteiger partial charge on any atom is -0.394 e. The Morgan fingerprint density at radius 3 is 2.59 bits per heavy atom. The molecule has 0 spiro atoms. The highest BCUT2D eigenvalue weighted by Gasteiger charge is 2.35. The summed E-state index contributed by atoms with van der Waals surface area (Å²) in [5, 5.41) is 12.7. The molecule has 2 aromatic rings. The fourth-order valence-corrected chi connectivity index (χ4v) is 2.10. The van der Waals surface area contributed by atoms with Gasteiger partial charge in [-0.1, -0.05) is 12.1 Å². The number of alkyl halides is 3. The summed E-state index contributed by atoms with van der Waals surface area (Å²) in [6.07, 6.45) is -4.59. The van der Waals surface area contributed by atoms with Gasteiger partial charge in [0.1, 0.15) is 5.69 Å². The molecule has 0 unspecified atom stereocenters. The van der Waals surface area contributed by atoms with Gasteiger partial charge in [-0.25, -0.2) is 0 Å². The molecule has 2 rings (SSSR count). The molecule has 5 nitrogen and oxygen atoms in total. The average molecular weight is 313 g/mol. The topological polar surface area (TPSA) is 81.1 Å². The Bertz CT molecular complexity index is 708. The van der Waals surface area contributed by atoms with Crippen molar-refractivity contribution < 1.29 is 23.1 Å². The lowest BCUT2D eigenvalue weighted by atomic mass is 10.0. The Morgan fingerprint density at radius 2 is 2.05 bits per heavy atom. The third-order valence-corrected chi connectivity index (χ3v) is 3.18. The first-order chi connectivity index (χ1) is 10.2. The lowest BCUT2D eigenvalue weighted by molar-refractivity contribution is -0.144. The van der Waals surface area contributed by atoms with Crippen molar-refractivity contribution in [3.05, 3.63) is 41.1 Å². The molecule has 0 aliphatic heterocycles. The molecule has 1 aromatic heterocycles. The number of nitrogens with zero attached hydrogens (tertiary/aromatic N) is 2. The molecule has 0 atom stereocenters. The summed E-state index contributed by atoms with van der Waals surface area (Å²) in [4.78, 5) is 11.3. The number of nitrogens with two attached hydrogens (primary N) is 1. The number of aromatic nitrogens is 2. The van der Waals surface area contributed by atoms with Crippen molar-refractivity contribution in [3.63, 3.8) is 0 Å². The van der Waals surface area contributed by atoms with Crippen molar-refractivity contribution in [1.82, 2.24) is 9.78 Å². The van der Waals surface area contributed by atoms with Gasteiger partial charge in [0.2, 0.25) is 5.91 Å². The number of carbonyl (C=O) groups excluding carboxylic acids is 1. The monoisotopic (exact) mass is 313 g/mol. The van der Waals surface area contributed by atoms with Crippen molar-refractivity contribution in [2.45, 2.75) is 19.6 Å². The quantitative estimate of drug-likeness (QED) is 0.905. The SMILES string of the molecule is Cc1ccc(-c2cc(C(F)(F)F)n(CCO)n2)cc1C(N)=O. The van der Waals surface area contributed by atoms with Crippen LogP contribution in [-0.2, 0) is 12.7 Å². The molecule has 0 bridgehead atoms. The van der Waals surface area contributed by atoms with E-state index < -0.39 is 24.4 Å². The molecule has 1 amide bonds. The molecule has 0 saturated heterocycles. The molecule has 22 heavy (non-hydrogen) atoms. The Balaban J connectivity index is 2.54. The third-order valence-electron chi connectivity index (χ3n) is 3.18. The van der Waals surface area contributed by atoms with E-state index in [2.05, 4.69) is 5.10 Å². The molecule has 3 N–H and O–H groups in total. The zero-order valence-corrected chi connectivity index (χ0v) is 11.7. The fourth-order valence-electron chi connectivity index (χ4n) is 2.10. The number of aliphatic hydroxyl groups is 1. The number of halogens is 3. The van der Waals surface area contributed by atoms with E-state index in [1.54, 1.807) is 19.1 Å². The third kappa shape index (κ3) is 3.11. The first-order valence-corrected chi connectivity index (χ1v) is 6.40.